The van der Waals surface area contributed by atoms with Crippen LogP contribution < -0.4 is 14.5 Å². The number of carboxylic acid groups (broad SMARTS) is 1. The number of nitrogens with zero attached hydrogens (tertiary/aromatic N) is 2. The summed E-state index contributed by atoms with van der Waals surface area (Å²) in [7, 11) is 1.56. The summed E-state index contributed by atoms with van der Waals surface area (Å²) in [5.74, 6) is -0.964. The normalized spacial score (nSPS) is 12.9. The summed E-state index contributed by atoms with van der Waals surface area (Å²) in [6.45, 7) is 0.0368. The van der Waals surface area contributed by atoms with Crippen LogP contribution in [0.4, 0.5) is 11.4 Å². The second kappa shape index (κ2) is 10.2. The van der Waals surface area contributed by atoms with E-state index >= 15 is 0 Å². The number of thioether (sulfide) groups is 1. The molecule has 0 fully saturated rings. The zero-order valence-electron chi connectivity index (χ0n) is 18.2. The van der Waals surface area contributed by atoms with Gasteiger partial charge in [0.25, 0.3) is 0 Å². The van der Waals surface area contributed by atoms with Crippen molar-refractivity contribution in [1.82, 2.24) is 0 Å². The van der Waals surface area contributed by atoms with E-state index in [1.807, 2.05) is 36.4 Å². The highest BCUT2D eigenvalue weighted by molar-refractivity contribution is 8.00. The molecule has 1 heterocycles. The number of carbonyl (C=O) groups is 3. The summed E-state index contributed by atoms with van der Waals surface area (Å²) in [5, 5.41) is 10.1. The predicted octanol–water partition coefficient (Wildman–Crippen LogP) is 4.72. The van der Waals surface area contributed by atoms with Crippen molar-refractivity contribution in [2.24, 2.45) is 0 Å². The van der Waals surface area contributed by atoms with Gasteiger partial charge in [0.1, 0.15) is 12.3 Å². The number of aromatic carboxylic acids is 1. The molecule has 9 heteroatoms. The molecule has 174 valence electrons. The highest BCUT2D eigenvalue weighted by Crippen LogP contribution is 2.37. The van der Waals surface area contributed by atoms with Crippen LogP contribution in [0, 0.1) is 0 Å². The monoisotopic (exact) mass is 496 g/mol. The first-order valence-corrected chi connectivity index (χ1v) is 11.7. The second-order valence-corrected chi connectivity index (χ2v) is 9.01. The number of hydrogen-bond donors (Lipinski definition) is 1. The molecule has 0 radical (unpaired) electrons. The summed E-state index contributed by atoms with van der Waals surface area (Å²) in [4.78, 5) is 41.7. The molecule has 1 N–H and O–H groups in total. The molecule has 2 amide bonds. The van der Waals surface area contributed by atoms with Gasteiger partial charge in [-0.2, -0.15) is 0 Å². The van der Waals surface area contributed by atoms with Crippen molar-refractivity contribution in [3.05, 3.63) is 82.9 Å². The van der Waals surface area contributed by atoms with Crippen molar-refractivity contribution < 1.29 is 24.2 Å². The largest absolute Gasteiger partial charge is 0.496 e. The van der Waals surface area contributed by atoms with E-state index in [1.54, 1.807) is 30.2 Å². The average Bonchev–Trinajstić information content (AvgIpc) is 2.84. The van der Waals surface area contributed by atoms with Gasteiger partial charge in [0.05, 0.1) is 36.3 Å². The minimum Gasteiger partial charge on any atom is -0.496 e. The van der Waals surface area contributed by atoms with Gasteiger partial charge in [-0.25, -0.2) is 4.79 Å². The molecule has 7 nitrogen and oxygen atoms in total. The second-order valence-electron chi connectivity index (χ2n) is 7.52. The van der Waals surface area contributed by atoms with Crippen LogP contribution >= 0.6 is 23.4 Å². The van der Waals surface area contributed by atoms with E-state index in [4.69, 9.17) is 16.3 Å². The van der Waals surface area contributed by atoms with Crippen LogP contribution in [0.25, 0.3) is 0 Å². The number of benzene rings is 3. The Kier molecular flexibility index (Phi) is 7.09. The van der Waals surface area contributed by atoms with Crippen LogP contribution in [-0.2, 0) is 16.1 Å². The zero-order valence-corrected chi connectivity index (χ0v) is 19.8. The molecule has 1 aliphatic heterocycles. The molecule has 3 aromatic rings. The van der Waals surface area contributed by atoms with E-state index in [0.717, 1.165) is 10.5 Å². The van der Waals surface area contributed by atoms with Gasteiger partial charge in [-0.3, -0.25) is 9.59 Å². The Morgan fingerprint density at radius 3 is 2.50 bits per heavy atom. The summed E-state index contributed by atoms with van der Waals surface area (Å²) in [6, 6.07) is 18.9. The molecule has 0 aliphatic carbocycles. The van der Waals surface area contributed by atoms with Gasteiger partial charge in [-0.05, 0) is 48.5 Å². The summed E-state index contributed by atoms with van der Waals surface area (Å²) in [6.07, 6.45) is 0. The first-order valence-electron chi connectivity index (χ1n) is 10.4. The van der Waals surface area contributed by atoms with Gasteiger partial charge in [0.2, 0.25) is 11.8 Å². The van der Waals surface area contributed by atoms with Crippen LogP contribution in [0.1, 0.15) is 15.9 Å². The number of hydrogen-bond acceptors (Lipinski definition) is 5. The van der Waals surface area contributed by atoms with Crippen molar-refractivity contribution in [1.29, 1.82) is 0 Å². The van der Waals surface area contributed by atoms with Crippen molar-refractivity contribution in [2.45, 2.75) is 11.4 Å². The van der Waals surface area contributed by atoms with Crippen LogP contribution in [0.15, 0.2) is 71.6 Å². The van der Waals surface area contributed by atoms with E-state index in [9.17, 15) is 19.5 Å². The third-order valence-electron chi connectivity index (χ3n) is 5.40. The molecule has 0 unspecified atom stereocenters. The summed E-state index contributed by atoms with van der Waals surface area (Å²) < 4.78 is 5.41. The minimum absolute atomic E-state index is 0.0356. The van der Waals surface area contributed by atoms with Crippen molar-refractivity contribution in [3.63, 3.8) is 0 Å². The van der Waals surface area contributed by atoms with Crippen LogP contribution in [0.5, 0.6) is 5.75 Å². The fourth-order valence-corrected chi connectivity index (χ4v) is 4.60. The maximum Gasteiger partial charge on any atom is 0.335 e. The molecule has 4 rings (SSSR count). The molecular formula is C25H21ClN2O5S. The molecule has 34 heavy (non-hydrogen) atoms. The molecule has 0 saturated heterocycles. The molecule has 0 atom stereocenters. The van der Waals surface area contributed by atoms with E-state index < -0.39 is 5.97 Å². The maximum absolute atomic E-state index is 13.2. The lowest BCUT2D eigenvalue weighted by atomic mass is 10.1. The number of halogens is 1. The fraction of sp³-hybridized carbons (Fsp3) is 0.160. The molecule has 0 aromatic heterocycles. The number of carboxylic acids is 1. The van der Waals surface area contributed by atoms with Gasteiger partial charge >= 0.3 is 5.97 Å². The number of anilines is 2. The Hall–Kier alpha value is -3.49. The van der Waals surface area contributed by atoms with E-state index in [2.05, 4.69) is 0 Å². The van der Waals surface area contributed by atoms with E-state index in [-0.39, 0.29) is 36.2 Å². The van der Waals surface area contributed by atoms with Crippen molar-refractivity contribution in [2.75, 3.05) is 29.2 Å². The number of fused-ring (bicyclic) bond motifs is 1. The number of ether oxygens (including phenoxy) is 1. The Balaban J connectivity index is 1.64. The maximum atomic E-state index is 13.2. The highest BCUT2D eigenvalue weighted by atomic mass is 35.5. The fourth-order valence-electron chi connectivity index (χ4n) is 3.69. The number of methoxy groups -OCH3 is 1. The minimum atomic E-state index is -1.11. The first kappa shape index (κ1) is 23.7. The Morgan fingerprint density at radius 1 is 1.06 bits per heavy atom. The van der Waals surface area contributed by atoms with Crippen molar-refractivity contribution >= 4 is 52.5 Å². The summed E-state index contributed by atoms with van der Waals surface area (Å²) in [5.41, 5.74) is 1.69. The van der Waals surface area contributed by atoms with Crippen molar-refractivity contribution in [3.8, 4) is 5.75 Å². The Labute approximate surface area is 205 Å². The quantitative estimate of drug-likeness (QED) is 0.476. The Bertz CT molecular complexity index is 1250. The molecule has 1 aliphatic rings. The van der Waals surface area contributed by atoms with Gasteiger partial charge in [0.15, 0.2) is 0 Å². The van der Waals surface area contributed by atoms with Gasteiger partial charge in [-0.1, -0.05) is 29.8 Å². The zero-order chi connectivity index (χ0) is 24.2. The molecule has 0 bridgehead atoms. The van der Waals surface area contributed by atoms with Gasteiger partial charge in [-0.15, -0.1) is 11.8 Å². The predicted molar refractivity (Wildman–Crippen MR) is 132 cm³/mol. The smallest absolute Gasteiger partial charge is 0.335 e. The SMILES string of the molecule is COc1ccccc1CN1C(=O)CN(C(=O)CSc2ccc(Cl)cc2)c2cc(C(=O)O)ccc21. The van der Waals surface area contributed by atoms with Crippen LogP contribution in [-0.4, -0.2) is 42.3 Å². The third kappa shape index (κ3) is 5.03. The highest BCUT2D eigenvalue weighted by Gasteiger charge is 2.33. The molecule has 3 aromatic carbocycles. The topological polar surface area (TPSA) is 87.2 Å². The number of carbonyl (C=O) groups excluding carboxylic acids is 2. The molecule has 0 spiro atoms. The number of para-hydroxylation sites is 1. The third-order valence-corrected chi connectivity index (χ3v) is 6.65. The standard InChI is InChI=1S/C25H21ClN2O5S/c1-33-22-5-3-2-4-17(22)13-27-20-11-6-16(25(31)32)12-21(20)28(14-23(27)29)24(30)15-34-19-9-7-18(26)8-10-19/h2-12H,13-15H2,1H3,(H,31,32). The van der Waals surface area contributed by atoms with Gasteiger partial charge in [0, 0.05) is 15.5 Å². The molecule has 0 saturated carbocycles. The van der Waals surface area contributed by atoms with Crippen LogP contribution in [0.2, 0.25) is 5.02 Å². The van der Waals surface area contributed by atoms with E-state index in [0.29, 0.717) is 22.1 Å². The Morgan fingerprint density at radius 2 is 1.79 bits per heavy atom. The summed E-state index contributed by atoms with van der Waals surface area (Å²) >= 11 is 7.24. The number of rotatable bonds is 7. The first-order chi connectivity index (χ1) is 16.4. The molecular weight excluding hydrogens is 476 g/mol. The van der Waals surface area contributed by atoms with Gasteiger partial charge < -0.3 is 19.6 Å². The average molecular weight is 497 g/mol. The van der Waals surface area contributed by atoms with Crippen LogP contribution in [0.3, 0.4) is 0 Å². The lowest BCUT2D eigenvalue weighted by Crippen LogP contribution is -2.48. The van der Waals surface area contributed by atoms with E-state index in [1.165, 1.54) is 28.8 Å². The lowest BCUT2D eigenvalue weighted by Gasteiger charge is -2.36. The lowest BCUT2D eigenvalue weighted by molar-refractivity contribution is -0.121. The number of amides is 2.